The molecule has 1 aromatic heterocycles. The number of nitriles is 1. The van der Waals surface area contributed by atoms with Gasteiger partial charge in [-0.1, -0.05) is 25.2 Å². The molecule has 27 heavy (non-hydrogen) atoms. The molecule has 1 aromatic carbocycles. The average molecular weight is 399 g/mol. The SMILES string of the molecule is Cc1ccc(OCC(=O)Nc2sc(=S)c3c(c2C#N)CCC(C)C3)cc1C. The van der Waals surface area contributed by atoms with Gasteiger partial charge in [0.1, 0.15) is 16.8 Å². The highest BCUT2D eigenvalue weighted by Gasteiger charge is 2.23. The number of hydrogen-bond donors (Lipinski definition) is 1. The number of carbonyl (C=O) groups excluding carboxylic acids is 1. The van der Waals surface area contributed by atoms with Crippen LogP contribution in [0.25, 0.3) is 0 Å². The van der Waals surface area contributed by atoms with Gasteiger partial charge < -0.3 is 10.1 Å². The van der Waals surface area contributed by atoms with Gasteiger partial charge in [-0.25, -0.2) is 0 Å². The first-order valence-electron chi connectivity index (χ1n) is 8.98. The van der Waals surface area contributed by atoms with Crippen molar-refractivity contribution in [1.82, 2.24) is 0 Å². The van der Waals surface area contributed by atoms with Gasteiger partial charge >= 0.3 is 0 Å². The van der Waals surface area contributed by atoms with Crippen molar-refractivity contribution >= 4 is 34.5 Å². The second-order valence-electron chi connectivity index (χ2n) is 7.09. The van der Waals surface area contributed by atoms with Crippen LogP contribution in [0, 0.1) is 34.9 Å². The van der Waals surface area contributed by atoms with Crippen molar-refractivity contribution in [3.8, 4) is 11.8 Å². The molecule has 0 aliphatic heterocycles. The Kier molecular flexibility index (Phi) is 5.93. The minimum absolute atomic E-state index is 0.110. The fourth-order valence-electron chi connectivity index (χ4n) is 3.26. The third kappa shape index (κ3) is 4.37. The quantitative estimate of drug-likeness (QED) is 0.727. The van der Waals surface area contributed by atoms with E-state index in [0.717, 1.165) is 39.8 Å². The van der Waals surface area contributed by atoms with Gasteiger partial charge in [0, 0.05) is 0 Å². The number of amides is 1. The molecule has 1 atom stereocenters. The minimum Gasteiger partial charge on any atom is -0.484 e. The number of hydrogen-bond acceptors (Lipinski definition) is 5. The lowest BCUT2D eigenvalue weighted by atomic mass is 9.85. The molecule has 0 saturated heterocycles. The number of ether oxygens (including phenoxy) is 1. The van der Waals surface area contributed by atoms with Crippen LogP contribution in [0.3, 0.4) is 0 Å². The lowest BCUT2D eigenvalue weighted by molar-refractivity contribution is -0.118. The van der Waals surface area contributed by atoms with E-state index in [-0.39, 0.29) is 12.5 Å². The number of fused-ring (bicyclic) bond motifs is 1. The first-order valence-corrected chi connectivity index (χ1v) is 10.2. The summed E-state index contributed by atoms with van der Waals surface area (Å²) in [7, 11) is 0. The molecule has 0 radical (unpaired) electrons. The van der Waals surface area contributed by atoms with Crippen LogP contribution in [0.2, 0.25) is 0 Å². The Morgan fingerprint density at radius 3 is 2.85 bits per heavy atom. The van der Waals surface area contributed by atoms with Gasteiger partial charge in [-0.15, -0.1) is 11.3 Å². The van der Waals surface area contributed by atoms with Crippen LogP contribution in [0.1, 0.15) is 41.2 Å². The molecule has 0 fully saturated rings. The van der Waals surface area contributed by atoms with Crippen LogP contribution in [0.5, 0.6) is 5.75 Å². The minimum atomic E-state index is -0.292. The predicted octanol–water partition coefficient (Wildman–Crippen LogP) is 5.11. The van der Waals surface area contributed by atoms with Crippen molar-refractivity contribution in [2.45, 2.75) is 40.0 Å². The fourth-order valence-corrected chi connectivity index (χ4v) is 4.67. The third-order valence-corrected chi connectivity index (χ3v) is 6.43. The van der Waals surface area contributed by atoms with E-state index in [4.69, 9.17) is 17.0 Å². The van der Waals surface area contributed by atoms with E-state index in [1.165, 1.54) is 16.9 Å². The predicted molar refractivity (Wildman–Crippen MR) is 111 cm³/mol. The van der Waals surface area contributed by atoms with E-state index in [1.54, 1.807) is 0 Å². The third-order valence-electron chi connectivity index (χ3n) is 4.99. The molecule has 0 bridgehead atoms. The van der Waals surface area contributed by atoms with E-state index in [9.17, 15) is 10.1 Å². The lowest BCUT2D eigenvalue weighted by Crippen LogP contribution is -2.21. The Bertz CT molecular complexity index is 989. The highest BCUT2D eigenvalue weighted by atomic mass is 32.1. The van der Waals surface area contributed by atoms with Crippen LogP contribution in [-0.2, 0) is 17.6 Å². The Morgan fingerprint density at radius 2 is 2.15 bits per heavy atom. The van der Waals surface area contributed by atoms with Gasteiger partial charge in [0.25, 0.3) is 5.91 Å². The van der Waals surface area contributed by atoms with E-state index in [1.807, 2.05) is 32.0 Å². The normalized spacial score (nSPS) is 15.6. The summed E-state index contributed by atoms with van der Waals surface area (Å²) in [5.74, 6) is 0.935. The van der Waals surface area contributed by atoms with Crippen molar-refractivity contribution in [3.63, 3.8) is 0 Å². The Morgan fingerprint density at radius 1 is 1.37 bits per heavy atom. The van der Waals surface area contributed by atoms with Crippen molar-refractivity contribution in [2.75, 3.05) is 11.9 Å². The maximum Gasteiger partial charge on any atom is 0.262 e. The van der Waals surface area contributed by atoms with Crippen LogP contribution in [-0.4, -0.2) is 12.5 Å². The zero-order valence-corrected chi connectivity index (χ0v) is 17.4. The first-order chi connectivity index (χ1) is 12.9. The Labute approximate surface area is 168 Å². The zero-order chi connectivity index (χ0) is 19.6. The Balaban J connectivity index is 1.76. The molecule has 1 heterocycles. The van der Waals surface area contributed by atoms with Crippen LogP contribution in [0.15, 0.2) is 18.2 Å². The summed E-state index contributed by atoms with van der Waals surface area (Å²) < 4.78 is 6.35. The number of aryl methyl sites for hydroxylation is 2. The molecule has 1 unspecified atom stereocenters. The monoisotopic (exact) mass is 398 g/mol. The molecule has 1 amide bonds. The number of rotatable bonds is 4. The van der Waals surface area contributed by atoms with Crippen molar-refractivity contribution in [3.05, 3.63) is 49.8 Å². The van der Waals surface area contributed by atoms with Crippen LogP contribution in [0.4, 0.5) is 5.00 Å². The number of benzene rings is 1. The molecule has 0 saturated carbocycles. The summed E-state index contributed by atoms with van der Waals surface area (Å²) >= 11 is 6.84. The molecule has 140 valence electrons. The highest BCUT2D eigenvalue weighted by molar-refractivity contribution is 7.73. The van der Waals surface area contributed by atoms with E-state index in [0.29, 0.717) is 22.2 Å². The zero-order valence-electron chi connectivity index (χ0n) is 15.7. The second-order valence-corrected chi connectivity index (χ2v) is 8.78. The summed E-state index contributed by atoms with van der Waals surface area (Å²) in [5, 5.41) is 13.0. The number of nitrogens with one attached hydrogen (secondary N) is 1. The smallest absolute Gasteiger partial charge is 0.262 e. The summed E-state index contributed by atoms with van der Waals surface area (Å²) in [6.45, 7) is 6.12. The Hall–Kier alpha value is -2.23. The molecule has 4 nitrogen and oxygen atoms in total. The molecular weight excluding hydrogens is 376 g/mol. The highest BCUT2D eigenvalue weighted by Crippen LogP contribution is 2.35. The standard InChI is InChI=1S/C21H22N2O2S2/c1-12-4-7-16-17(8-12)21(26)27-20(18(16)10-22)23-19(24)11-25-15-6-5-13(2)14(3)9-15/h5-6,9,12H,4,7-8,11H2,1-3H3,(H,23,24). The topological polar surface area (TPSA) is 62.1 Å². The first kappa shape index (κ1) is 19.5. The van der Waals surface area contributed by atoms with Gasteiger partial charge in [-0.05, 0) is 73.4 Å². The molecule has 3 rings (SSSR count). The van der Waals surface area contributed by atoms with Crippen molar-refractivity contribution in [1.29, 1.82) is 5.26 Å². The largest absolute Gasteiger partial charge is 0.484 e. The van der Waals surface area contributed by atoms with Gasteiger partial charge in [-0.3, -0.25) is 4.79 Å². The van der Waals surface area contributed by atoms with Gasteiger partial charge in [0.05, 0.1) is 9.39 Å². The van der Waals surface area contributed by atoms with Gasteiger partial charge in [0.2, 0.25) is 0 Å². The van der Waals surface area contributed by atoms with Crippen molar-refractivity contribution < 1.29 is 9.53 Å². The molecular formula is C21H22N2O2S2. The van der Waals surface area contributed by atoms with Crippen LogP contribution < -0.4 is 10.1 Å². The maximum atomic E-state index is 12.4. The molecule has 1 aliphatic rings. The average Bonchev–Trinajstić information content (AvgIpc) is 2.63. The summed E-state index contributed by atoms with van der Waals surface area (Å²) in [4.78, 5) is 12.4. The second kappa shape index (κ2) is 8.20. The maximum absolute atomic E-state index is 12.4. The molecule has 2 aromatic rings. The van der Waals surface area contributed by atoms with E-state index in [2.05, 4.69) is 18.3 Å². The van der Waals surface area contributed by atoms with Gasteiger partial charge in [0.15, 0.2) is 6.61 Å². The molecule has 1 aliphatic carbocycles. The molecule has 0 spiro atoms. The number of anilines is 1. The molecule has 6 heteroatoms. The summed E-state index contributed by atoms with van der Waals surface area (Å²) in [6, 6.07) is 7.99. The summed E-state index contributed by atoms with van der Waals surface area (Å²) in [6.07, 6.45) is 2.77. The van der Waals surface area contributed by atoms with Gasteiger partial charge in [-0.2, -0.15) is 5.26 Å². The number of carbonyl (C=O) groups is 1. The van der Waals surface area contributed by atoms with Crippen molar-refractivity contribution in [2.24, 2.45) is 5.92 Å². The lowest BCUT2D eigenvalue weighted by Gasteiger charge is -2.23. The van der Waals surface area contributed by atoms with Crippen LogP contribution >= 0.6 is 23.6 Å². The molecule has 1 N–H and O–H groups in total. The van der Waals surface area contributed by atoms with E-state index < -0.39 is 0 Å². The fraction of sp³-hybridized carbons (Fsp3) is 0.381. The summed E-state index contributed by atoms with van der Waals surface area (Å²) in [5.41, 5.74) is 4.95. The number of nitrogens with zero attached hydrogens (tertiary/aromatic N) is 1. The van der Waals surface area contributed by atoms with E-state index >= 15 is 0 Å².